The highest BCUT2D eigenvalue weighted by atomic mass is 32.2. The molecule has 0 amide bonds. The maximum atomic E-state index is 11.7. The number of benzene rings is 1. The van der Waals surface area contributed by atoms with Crippen LogP contribution in [0.1, 0.15) is 22.4 Å². The molecule has 1 unspecified atom stereocenters. The van der Waals surface area contributed by atoms with Gasteiger partial charge in [-0.25, -0.2) is 9.97 Å². The lowest BCUT2D eigenvalue weighted by Gasteiger charge is -2.35. The molecule has 0 bridgehead atoms. The van der Waals surface area contributed by atoms with Crippen LogP contribution in [-0.2, 0) is 33.5 Å². The van der Waals surface area contributed by atoms with Crippen LogP contribution in [0.15, 0.2) is 29.4 Å². The van der Waals surface area contributed by atoms with Gasteiger partial charge in [0.15, 0.2) is 5.12 Å². The number of nitrogens with zero attached hydrogens (tertiary/aromatic N) is 2. The summed E-state index contributed by atoms with van der Waals surface area (Å²) in [4.78, 5) is 24.1. The normalized spacial score (nSPS) is 20.7. The molecule has 3 aromatic rings. The minimum Gasteiger partial charge on any atom is -0.382 e. The van der Waals surface area contributed by atoms with Gasteiger partial charge >= 0.3 is 0 Å². The third-order valence-electron chi connectivity index (χ3n) is 5.71. The Morgan fingerprint density at radius 2 is 2.17 bits per heavy atom. The lowest BCUT2D eigenvalue weighted by Crippen LogP contribution is -2.41. The van der Waals surface area contributed by atoms with E-state index in [0.29, 0.717) is 13.0 Å². The van der Waals surface area contributed by atoms with Gasteiger partial charge in [-0.05, 0) is 36.1 Å². The number of anilines is 2. The number of hydrogen-bond donors (Lipinski definition) is 1. The Kier molecular flexibility index (Phi) is 4.82. The maximum Gasteiger partial charge on any atom is 0.198 e. The Hall–Kier alpha value is -2.00. The van der Waals surface area contributed by atoms with Crippen LogP contribution in [0, 0.1) is 0 Å². The molecule has 0 saturated heterocycles. The van der Waals surface area contributed by atoms with Crippen LogP contribution in [0.4, 0.5) is 11.5 Å². The van der Waals surface area contributed by atoms with Crippen molar-refractivity contribution in [3.8, 4) is 0 Å². The van der Waals surface area contributed by atoms with E-state index in [9.17, 15) is 4.79 Å². The Balaban J connectivity index is 1.51. The predicted octanol–water partition coefficient (Wildman–Crippen LogP) is 4.13. The third kappa shape index (κ3) is 3.34. The summed E-state index contributed by atoms with van der Waals surface area (Å²) in [6, 6.07) is 6.07. The molecule has 5 rings (SSSR count). The maximum absolute atomic E-state index is 11.7. The molecule has 8 heteroatoms. The van der Waals surface area contributed by atoms with Gasteiger partial charge in [0, 0.05) is 42.5 Å². The van der Waals surface area contributed by atoms with Gasteiger partial charge in [0.2, 0.25) is 0 Å². The van der Waals surface area contributed by atoms with Gasteiger partial charge in [-0.15, -0.1) is 11.3 Å². The van der Waals surface area contributed by atoms with E-state index in [1.165, 1.54) is 22.2 Å². The highest BCUT2D eigenvalue weighted by molar-refractivity contribution is 8.14. The molecule has 1 aliphatic carbocycles. The number of nitrogens with one attached hydrogen (secondary N) is 1. The minimum absolute atomic E-state index is 0.200. The fourth-order valence-electron chi connectivity index (χ4n) is 4.22. The van der Waals surface area contributed by atoms with Crippen LogP contribution in [0.3, 0.4) is 0 Å². The SMILES string of the molecule is COCC1(OC)CCc2c(sc3ncnc(Nc4ccc5c(c4)SC(=O)C5)c23)C1. The standard InChI is InChI=1S/C21H21N3O3S2/c1-26-10-21(27-2)6-5-14-16(9-21)29-20-18(14)19(22-11-23-20)24-13-4-3-12-7-17(25)28-15(12)8-13/h3-4,8,11H,5-7,9-10H2,1-2H3,(H,22,23,24). The van der Waals surface area contributed by atoms with E-state index in [1.807, 2.05) is 18.2 Å². The summed E-state index contributed by atoms with van der Waals surface area (Å²) < 4.78 is 11.3. The molecule has 3 heterocycles. The molecule has 0 spiro atoms. The summed E-state index contributed by atoms with van der Waals surface area (Å²) in [5.74, 6) is 0.818. The monoisotopic (exact) mass is 427 g/mol. The number of thiophene rings is 1. The van der Waals surface area contributed by atoms with E-state index in [-0.39, 0.29) is 10.7 Å². The zero-order valence-corrected chi connectivity index (χ0v) is 17.9. The average Bonchev–Trinajstić information content (AvgIpc) is 3.27. The molecular weight excluding hydrogens is 406 g/mol. The number of methoxy groups -OCH3 is 2. The molecule has 0 fully saturated rings. The summed E-state index contributed by atoms with van der Waals surface area (Å²) in [6.07, 6.45) is 4.76. The number of hydrogen-bond acceptors (Lipinski definition) is 8. The summed E-state index contributed by atoms with van der Waals surface area (Å²) in [7, 11) is 3.48. The Bertz CT molecular complexity index is 1110. The molecule has 0 radical (unpaired) electrons. The topological polar surface area (TPSA) is 73.3 Å². The average molecular weight is 428 g/mol. The molecule has 2 aromatic heterocycles. The van der Waals surface area contributed by atoms with Crippen molar-refractivity contribution in [3.63, 3.8) is 0 Å². The molecule has 1 aromatic carbocycles. The van der Waals surface area contributed by atoms with Gasteiger partial charge in [-0.2, -0.15) is 0 Å². The number of aromatic nitrogens is 2. The highest BCUT2D eigenvalue weighted by Gasteiger charge is 2.37. The number of carbonyl (C=O) groups excluding carboxylic acids is 1. The molecule has 6 nitrogen and oxygen atoms in total. The van der Waals surface area contributed by atoms with Gasteiger partial charge in [0.05, 0.1) is 17.6 Å². The number of rotatable bonds is 5. The van der Waals surface area contributed by atoms with Crippen LogP contribution in [0.2, 0.25) is 0 Å². The summed E-state index contributed by atoms with van der Waals surface area (Å²) in [5.41, 5.74) is 3.07. The number of carbonyl (C=O) groups is 1. The van der Waals surface area contributed by atoms with E-state index in [2.05, 4.69) is 15.3 Å². The van der Waals surface area contributed by atoms with Crippen molar-refractivity contribution in [2.45, 2.75) is 36.2 Å². The molecule has 1 aliphatic heterocycles. The lowest BCUT2D eigenvalue weighted by atomic mass is 9.84. The molecule has 1 atom stereocenters. The largest absolute Gasteiger partial charge is 0.382 e. The second kappa shape index (κ2) is 7.36. The summed E-state index contributed by atoms with van der Waals surface area (Å²) >= 11 is 3.03. The van der Waals surface area contributed by atoms with Crippen LogP contribution in [0.5, 0.6) is 0 Å². The summed E-state index contributed by atoms with van der Waals surface area (Å²) in [6.45, 7) is 0.583. The second-order valence-corrected chi connectivity index (χ2v) is 9.68. The van der Waals surface area contributed by atoms with E-state index in [4.69, 9.17) is 9.47 Å². The zero-order valence-electron chi connectivity index (χ0n) is 16.3. The fourth-order valence-corrected chi connectivity index (χ4v) is 6.46. The van der Waals surface area contributed by atoms with Crippen molar-refractivity contribution >= 4 is 49.9 Å². The molecule has 0 saturated carbocycles. The van der Waals surface area contributed by atoms with Crippen LogP contribution in [0.25, 0.3) is 10.2 Å². The molecule has 1 N–H and O–H groups in total. The first-order valence-electron chi connectivity index (χ1n) is 9.51. The zero-order chi connectivity index (χ0) is 20.0. The first-order valence-corrected chi connectivity index (χ1v) is 11.1. The lowest BCUT2D eigenvalue weighted by molar-refractivity contribution is -0.110. The van der Waals surface area contributed by atoms with Gasteiger partial charge < -0.3 is 14.8 Å². The third-order valence-corrected chi connectivity index (χ3v) is 7.82. The van der Waals surface area contributed by atoms with Gasteiger partial charge in [0.1, 0.15) is 17.0 Å². The van der Waals surface area contributed by atoms with Crippen molar-refractivity contribution in [3.05, 3.63) is 40.5 Å². The Labute approximate surface area is 177 Å². The number of fused-ring (bicyclic) bond motifs is 4. The molecular formula is C21H21N3O3S2. The smallest absolute Gasteiger partial charge is 0.198 e. The van der Waals surface area contributed by atoms with E-state index >= 15 is 0 Å². The number of aryl methyl sites for hydroxylation is 1. The number of thioether (sulfide) groups is 1. The predicted molar refractivity (Wildman–Crippen MR) is 115 cm³/mol. The Morgan fingerprint density at radius 3 is 3.00 bits per heavy atom. The molecule has 29 heavy (non-hydrogen) atoms. The van der Waals surface area contributed by atoms with Crippen molar-refractivity contribution in [2.24, 2.45) is 0 Å². The quantitative estimate of drug-likeness (QED) is 0.656. The van der Waals surface area contributed by atoms with Gasteiger partial charge in [-0.1, -0.05) is 17.8 Å². The van der Waals surface area contributed by atoms with Crippen LogP contribution < -0.4 is 5.32 Å². The van der Waals surface area contributed by atoms with E-state index < -0.39 is 0 Å². The van der Waals surface area contributed by atoms with Crippen molar-refractivity contribution < 1.29 is 14.3 Å². The van der Waals surface area contributed by atoms with Gasteiger partial charge in [-0.3, -0.25) is 4.79 Å². The first-order chi connectivity index (χ1) is 14.1. The molecule has 2 aliphatic rings. The first kappa shape index (κ1) is 19.0. The highest BCUT2D eigenvalue weighted by Crippen LogP contribution is 2.43. The number of ether oxygens (including phenoxy) is 2. The van der Waals surface area contributed by atoms with Crippen molar-refractivity contribution in [2.75, 3.05) is 26.1 Å². The fraction of sp³-hybridized carbons (Fsp3) is 0.381. The second-order valence-electron chi connectivity index (χ2n) is 7.50. The summed E-state index contributed by atoms with van der Waals surface area (Å²) in [5, 5.41) is 4.76. The Morgan fingerprint density at radius 1 is 1.28 bits per heavy atom. The van der Waals surface area contributed by atoms with Crippen LogP contribution in [-0.4, -0.2) is 41.5 Å². The molecule has 150 valence electrons. The van der Waals surface area contributed by atoms with Crippen molar-refractivity contribution in [1.82, 2.24) is 9.97 Å². The minimum atomic E-state index is -0.270. The van der Waals surface area contributed by atoms with Crippen LogP contribution >= 0.6 is 23.1 Å². The van der Waals surface area contributed by atoms with E-state index in [1.54, 1.807) is 31.9 Å². The van der Waals surface area contributed by atoms with E-state index in [0.717, 1.165) is 51.4 Å². The van der Waals surface area contributed by atoms with Gasteiger partial charge in [0.25, 0.3) is 0 Å². The van der Waals surface area contributed by atoms with Crippen molar-refractivity contribution in [1.29, 1.82) is 0 Å².